The molecule has 0 saturated heterocycles. The molecule has 0 aliphatic heterocycles. The number of carbonyl (C=O) groups excluding carboxylic acids is 1. The molecule has 30 heavy (non-hydrogen) atoms. The zero-order chi connectivity index (χ0) is 21.7. The van der Waals surface area contributed by atoms with Crippen molar-refractivity contribution in [3.05, 3.63) is 76.4 Å². The van der Waals surface area contributed by atoms with E-state index in [1.807, 2.05) is 0 Å². The Morgan fingerprint density at radius 2 is 1.93 bits per heavy atom. The molecule has 0 radical (unpaired) electrons. The van der Waals surface area contributed by atoms with E-state index in [4.69, 9.17) is 10.5 Å². The van der Waals surface area contributed by atoms with E-state index in [2.05, 4.69) is 31.0 Å². The maximum Gasteiger partial charge on any atom is 0.573 e. The normalized spacial score (nSPS) is 11.1. The molecule has 10 heteroatoms. The monoisotopic (exact) mass is 481 g/mol. The van der Waals surface area contributed by atoms with Crippen LogP contribution in [0.1, 0.15) is 15.9 Å². The first-order valence-electron chi connectivity index (χ1n) is 8.51. The van der Waals surface area contributed by atoms with Gasteiger partial charge in [0, 0.05) is 40.6 Å². The summed E-state index contributed by atoms with van der Waals surface area (Å²) in [6, 6.07) is 13.9. The lowest BCUT2D eigenvalue weighted by molar-refractivity contribution is -0.274. The van der Waals surface area contributed by atoms with Crippen molar-refractivity contribution in [1.82, 2.24) is 10.3 Å². The van der Waals surface area contributed by atoms with Crippen LogP contribution in [0, 0.1) is 0 Å². The summed E-state index contributed by atoms with van der Waals surface area (Å²) in [5, 5.41) is 2.54. The first kappa shape index (κ1) is 21.4. The zero-order valence-electron chi connectivity index (χ0n) is 15.2. The molecule has 1 aromatic heterocycles. The second-order valence-corrected chi connectivity index (χ2v) is 6.96. The number of nitrogens with zero attached hydrogens (tertiary/aromatic N) is 1. The van der Waals surface area contributed by atoms with E-state index >= 15 is 0 Å². The van der Waals surface area contributed by atoms with Gasteiger partial charge in [-0.2, -0.15) is 0 Å². The molecule has 6 nitrogen and oxygen atoms in total. The average Bonchev–Trinajstić information content (AvgIpc) is 2.66. The van der Waals surface area contributed by atoms with Crippen LogP contribution < -0.4 is 20.5 Å². The highest BCUT2D eigenvalue weighted by atomic mass is 79.9. The van der Waals surface area contributed by atoms with Crippen LogP contribution in [-0.4, -0.2) is 17.3 Å². The fourth-order valence-electron chi connectivity index (χ4n) is 2.45. The van der Waals surface area contributed by atoms with Crippen LogP contribution >= 0.6 is 15.9 Å². The van der Waals surface area contributed by atoms with Crippen LogP contribution in [0.25, 0.3) is 0 Å². The van der Waals surface area contributed by atoms with Crippen LogP contribution in [0.2, 0.25) is 0 Å². The van der Waals surface area contributed by atoms with Crippen molar-refractivity contribution in [2.24, 2.45) is 0 Å². The van der Waals surface area contributed by atoms with Crippen molar-refractivity contribution < 1.29 is 27.4 Å². The number of pyridine rings is 1. The van der Waals surface area contributed by atoms with Gasteiger partial charge in [0.05, 0.1) is 5.56 Å². The SMILES string of the molecule is Nc1cccc(Oc2ccc(C(=O)NCc3ccc(Br)cc3OC(F)(F)F)cn2)c1. The lowest BCUT2D eigenvalue weighted by Crippen LogP contribution is -2.24. The maximum atomic E-state index is 12.6. The predicted molar refractivity (Wildman–Crippen MR) is 107 cm³/mol. The van der Waals surface area contributed by atoms with Gasteiger partial charge >= 0.3 is 6.36 Å². The molecule has 2 aromatic carbocycles. The van der Waals surface area contributed by atoms with Gasteiger partial charge in [-0.15, -0.1) is 13.2 Å². The number of rotatable bonds is 6. The van der Waals surface area contributed by atoms with Gasteiger partial charge in [-0.05, 0) is 30.3 Å². The molecule has 0 spiro atoms. The van der Waals surface area contributed by atoms with Crippen molar-refractivity contribution in [3.8, 4) is 17.4 Å². The number of anilines is 1. The molecule has 3 aromatic rings. The molecular formula is C20H15BrF3N3O3. The number of benzene rings is 2. The molecule has 1 amide bonds. The highest BCUT2D eigenvalue weighted by molar-refractivity contribution is 9.10. The Morgan fingerprint density at radius 1 is 1.13 bits per heavy atom. The molecule has 1 heterocycles. The van der Waals surface area contributed by atoms with E-state index in [1.165, 1.54) is 30.5 Å². The Kier molecular flexibility index (Phi) is 6.46. The Hall–Kier alpha value is -3.27. The number of hydrogen-bond acceptors (Lipinski definition) is 5. The third-order valence-electron chi connectivity index (χ3n) is 3.77. The van der Waals surface area contributed by atoms with Crippen LogP contribution in [-0.2, 0) is 6.54 Å². The number of nitrogens with one attached hydrogen (secondary N) is 1. The first-order chi connectivity index (χ1) is 14.2. The molecule has 0 saturated carbocycles. The van der Waals surface area contributed by atoms with E-state index in [0.717, 1.165) is 0 Å². The quantitative estimate of drug-likeness (QED) is 0.481. The van der Waals surface area contributed by atoms with Crippen LogP contribution in [0.15, 0.2) is 65.3 Å². The summed E-state index contributed by atoms with van der Waals surface area (Å²) in [6.45, 7) is -0.168. The number of carbonyl (C=O) groups is 1. The van der Waals surface area contributed by atoms with Gasteiger partial charge < -0.3 is 20.5 Å². The molecule has 3 rings (SSSR count). The van der Waals surface area contributed by atoms with E-state index in [-0.39, 0.29) is 23.6 Å². The Morgan fingerprint density at radius 3 is 2.60 bits per heavy atom. The van der Waals surface area contributed by atoms with Crippen LogP contribution in [0.4, 0.5) is 18.9 Å². The number of nitrogens with two attached hydrogens (primary N) is 1. The highest BCUT2D eigenvalue weighted by Gasteiger charge is 2.32. The fourth-order valence-corrected chi connectivity index (χ4v) is 2.79. The van der Waals surface area contributed by atoms with E-state index in [0.29, 0.717) is 15.9 Å². The third kappa shape index (κ3) is 6.11. The topological polar surface area (TPSA) is 86.5 Å². The van der Waals surface area contributed by atoms with Crippen LogP contribution in [0.5, 0.6) is 17.4 Å². The van der Waals surface area contributed by atoms with Gasteiger partial charge in [-0.1, -0.05) is 28.1 Å². The molecule has 0 unspecified atom stereocenters. The fraction of sp³-hybridized carbons (Fsp3) is 0.100. The van der Waals surface area contributed by atoms with Crippen molar-refractivity contribution in [2.45, 2.75) is 12.9 Å². The van der Waals surface area contributed by atoms with E-state index < -0.39 is 18.0 Å². The maximum absolute atomic E-state index is 12.6. The van der Waals surface area contributed by atoms with E-state index in [9.17, 15) is 18.0 Å². The molecule has 0 fully saturated rings. The van der Waals surface area contributed by atoms with E-state index in [1.54, 1.807) is 30.3 Å². The molecule has 3 N–H and O–H groups in total. The standard InChI is InChI=1S/C20H15BrF3N3O3/c21-14-6-4-12(17(8-14)30-20(22,23)24)10-27-19(28)13-5-7-18(26-11-13)29-16-3-1-2-15(25)9-16/h1-9,11H,10,25H2,(H,27,28). The predicted octanol–water partition coefficient (Wildman–Crippen LogP) is 5.05. The Balaban J connectivity index is 1.64. The summed E-state index contributed by atoms with van der Waals surface area (Å²) in [5.41, 5.74) is 6.59. The number of ether oxygens (including phenoxy) is 2. The van der Waals surface area contributed by atoms with Gasteiger partial charge in [0.15, 0.2) is 0 Å². The van der Waals surface area contributed by atoms with Gasteiger partial charge in [0.1, 0.15) is 11.5 Å². The summed E-state index contributed by atoms with van der Waals surface area (Å²) >= 11 is 3.09. The summed E-state index contributed by atoms with van der Waals surface area (Å²) in [4.78, 5) is 16.4. The minimum absolute atomic E-state index is 0.165. The van der Waals surface area contributed by atoms with Gasteiger partial charge in [0.25, 0.3) is 5.91 Å². The Labute approximate surface area is 178 Å². The van der Waals surface area contributed by atoms with Crippen molar-refractivity contribution in [1.29, 1.82) is 0 Å². The number of aromatic nitrogens is 1. The highest BCUT2D eigenvalue weighted by Crippen LogP contribution is 2.29. The summed E-state index contributed by atoms with van der Waals surface area (Å²) in [6.07, 6.45) is -3.55. The number of halogens is 4. The minimum atomic E-state index is -4.84. The third-order valence-corrected chi connectivity index (χ3v) is 4.27. The second-order valence-electron chi connectivity index (χ2n) is 6.04. The minimum Gasteiger partial charge on any atom is -0.439 e. The number of hydrogen-bond donors (Lipinski definition) is 2. The molecule has 0 aliphatic rings. The largest absolute Gasteiger partial charge is 0.573 e. The van der Waals surface area contributed by atoms with Crippen molar-refractivity contribution in [2.75, 3.05) is 5.73 Å². The van der Waals surface area contributed by atoms with Gasteiger partial charge in [0.2, 0.25) is 5.88 Å². The number of amides is 1. The molecule has 0 aliphatic carbocycles. The molecule has 0 atom stereocenters. The number of nitrogen functional groups attached to an aromatic ring is 1. The smallest absolute Gasteiger partial charge is 0.439 e. The molecular weight excluding hydrogens is 467 g/mol. The van der Waals surface area contributed by atoms with Crippen molar-refractivity contribution >= 4 is 27.5 Å². The van der Waals surface area contributed by atoms with Crippen LogP contribution in [0.3, 0.4) is 0 Å². The number of alkyl halides is 3. The zero-order valence-corrected chi connectivity index (χ0v) is 16.8. The average molecular weight is 482 g/mol. The summed E-state index contributed by atoms with van der Waals surface area (Å²) in [7, 11) is 0. The Bertz CT molecular complexity index is 1040. The lowest BCUT2D eigenvalue weighted by Gasteiger charge is -2.14. The lowest BCUT2D eigenvalue weighted by atomic mass is 10.2. The molecule has 0 bridgehead atoms. The van der Waals surface area contributed by atoms with Gasteiger partial charge in [-0.25, -0.2) is 4.98 Å². The second kappa shape index (κ2) is 9.04. The summed E-state index contributed by atoms with van der Waals surface area (Å²) in [5.74, 6) is -0.168. The molecule has 156 valence electrons. The summed E-state index contributed by atoms with van der Waals surface area (Å²) < 4.78 is 47.7. The van der Waals surface area contributed by atoms with Gasteiger partial charge in [-0.3, -0.25) is 4.79 Å². The first-order valence-corrected chi connectivity index (χ1v) is 9.31. The van der Waals surface area contributed by atoms with Crippen molar-refractivity contribution in [3.63, 3.8) is 0 Å².